The van der Waals surface area contributed by atoms with Crippen molar-refractivity contribution in [2.24, 2.45) is 0 Å². The van der Waals surface area contributed by atoms with Gasteiger partial charge in [-0.2, -0.15) is 8.42 Å². The number of carbonyl (C=O) groups excluding carboxylic acids is 3. The van der Waals surface area contributed by atoms with E-state index in [0.29, 0.717) is 6.42 Å². The zero-order valence-electron chi connectivity index (χ0n) is 18.6. The first-order valence-corrected chi connectivity index (χ1v) is 13.0. The predicted molar refractivity (Wildman–Crippen MR) is 124 cm³/mol. The first kappa shape index (κ1) is 31.3. The van der Waals surface area contributed by atoms with Crippen molar-refractivity contribution in [1.29, 1.82) is 0 Å². The van der Waals surface area contributed by atoms with Gasteiger partial charge in [0.2, 0.25) is 0 Å². The van der Waals surface area contributed by atoms with E-state index in [0.717, 1.165) is 38.5 Å². The molecule has 32 heavy (non-hydrogen) atoms. The van der Waals surface area contributed by atoms with Gasteiger partial charge >= 0.3 is 35.5 Å². The zero-order chi connectivity index (χ0) is 23.1. The summed E-state index contributed by atoms with van der Waals surface area (Å²) in [5, 5.41) is -1.74. The van der Waals surface area contributed by atoms with E-state index in [-0.39, 0.29) is 41.0 Å². The molecule has 10 heteroatoms. The standard InChI is InChI=1S/C22H37NO7S.Na.H/c1-2-3-4-5-6-7-8-9-10-11-12-13-14-15-16-17-21(25)30-23-20(24)18-19(22(23)26)31(27,28)29;;/h9-10,19H,2-8,11-18H2,1H3,(H,27,28,29);;. The van der Waals surface area contributed by atoms with E-state index < -0.39 is 39.6 Å². The van der Waals surface area contributed by atoms with Crippen LogP contribution in [0.4, 0.5) is 0 Å². The third kappa shape index (κ3) is 13.1. The number of unbranched alkanes of at least 4 members (excludes halogenated alkanes) is 11. The van der Waals surface area contributed by atoms with E-state index in [1.165, 1.54) is 38.5 Å². The number of amides is 2. The Balaban J connectivity index is 0.00000961. The van der Waals surface area contributed by atoms with Gasteiger partial charge in [-0.3, -0.25) is 14.1 Å². The molecule has 1 rings (SSSR count). The summed E-state index contributed by atoms with van der Waals surface area (Å²) in [7, 11) is -4.71. The van der Waals surface area contributed by atoms with E-state index >= 15 is 0 Å². The maximum absolute atomic E-state index is 11.8. The average molecular weight is 484 g/mol. The molecule has 0 aliphatic carbocycles. The Hall–Kier alpha value is -0.740. The Morgan fingerprint density at radius 1 is 0.969 bits per heavy atom. The zero-order valence-corrected chi connectivity index (χ0v) is 19.4. The van der Waals surface area contributed by atoms with Crippen LogP contribution in [-0.4, -0.2) is 70.6 Å². The van der Waals surface area contributed by atoms with Gasteiger partial charge in [-0.1, -0.05) is 70.4 Å². The Morgan fingerprint density at radius 2 is 1.47 bits per heavy atom. The van der Waals surface area contributed by atoms with Gasteiger partial charge in [0, 0.05) is 6.42 Å². The molecule has 0 bridgehead atoms. The molecule has 1 N–H and O–H groups in total. The van der Waals surface area contributed by atoms with Crippen molar-refractivity contribution < 1.29 is 32.2 Å². The summed E-state index contributed by atoms with van der Waals surface area (Å²) in [5.74, 6) is -2.95. The number of allylic oxidation sites excluding steroid dienone is 2. The van der Waals surface area contributed by atoms with Crippen molar-refractivity contribution >= 4 is 57.5 Å². The third-order valence-corrected chi connectivity index (χ3v) is 6.34. The summed E-state index contributed by atoms with van der Waals surface area (Å²) in [5.41, 5.74) is 0. The molecule has 0 spiro atoms. The second-order valence-corrected chi connectivity index (χ2v) is 9.63. The van der Waals surface area contributed by atoms with Crippen molar-refractivity contribution in [2.45, 2.75) is 108 Å². The first-order chi connectivity index (χ1) is 14.8. The molecule has 1 heterocycles. The molecule has 0 aromatic heterocycles. The number of rotatable bonds is 17. The molecule has 1 saturated heterocycles. The monoisotopic (exact) mass is 483 g/mol. The number of hydrogen-bond acceptors (Lipinski definition) is 6. The summed E-state index contributed by atoms with van der Waals surface area (Å²) in [4.78, 5) is 39.9. The Kier molecular flexibility index (Phi) is 17.3. The van der Waals surface area contributed by atoms with Crippen LogP contribution in [0.25, 0.3) is 0 Å². The van der Waals surface area contributed by atoms with Crippen molar-refractivity contribution in [3.05, 3.63) is 12.2 Å². The molecule has 1 atom stereocenters. The van der Waals surface area contributed by atoms with E-state index in [1.54, 1.807) is 0 Å². The first-order valence-electron chi connectivity index (χ1n) is 11.5. The molecule has 0 aromatic carbocycles. The van der Waals surface area contributed by atoms with Crippen LogP contribution in [-0.2, 0) is 29.3 Å². The van der Waals surface area contributed by atoms with Crippen molar-refractivity contribution in [2.75, 3.05) is 0 Å². The van der Waals surface area contributed by atoms with Crippen LogP contribution in [0.5, 0.6) is 0 Å². The molecular formula is C22H38NNaO7S. The molecule has 0 aromatic rings. The third-order valence-electron chi connectivity index (χ3n) is 5.26. The van der Waals surface area contributed by atoms with Crippen LogP contribution in [0.2, 0.25) is 0 Å². The SMILES string of the molecule is CCCCCCCCC=CCCCCCCCC(=O)ON1C(=O)CC(S(=O)(=O)O)C1=O.[NaH]. The number of nitrogens with zero attached hydrogens (tertiary/aromatic N) is 1. The van der Waals surface area contributed by atoms with Crippen LogP contribution in [0.1, 0.15) is 103 Å². The van der Waals surface area contributed by atoms with Crippen LogP contribution < -0.4 is 0 Å². The second-order valence-electron chi connectivity index (χ2n) is 8.03. The van der Waals surface area contributed by atoms with Gasteiger partial charge in [-0.05, 0) is 32.1 Å². The normalized spacial score (nSPS) is 16.6. The molecule has 1 aliphatic rings. The van der Waals surface area contributed by atoms with Gasteiger partial charge in [0.1, 0.15) is 0 Å². The second kappa shape index (κ2) is 17.7. The molecule has 0 radical (unpaired) electrons. The number of imide groups is 1. The molecule has 180 valence electrons. The quantitative estimate of drug-likeness (QED) is 0.110. The Morgan fingerprint density at radius 3 is 1.97 bits per heavy atom. The number of hydrogen-bond donors (Lipinski definition) is 1. The van der Waals surface area contributed by atoms with Crippen molar-refractivity contribution in [3.8, 4) is 0 Å². The predicted octanol–water partition coefficient (Wildman–Crippen LogP) is 3.85. The summed E-state index contributed by atoms with van der Waals surface area (Å²) < 4.78 is 31.1. The summed E-state index contributed by atoms with van der Waals surface area (Å²) in [6.45, 7) is 2.23. The van der Waals surface area contributed by atoms with Crippen LogP contribution in [0, 0.1) is 0 Å². The average Bonchev–Trinajstić information content (AvgIpc) is 2.99. The Labute approximate surface area is 214 Å². The van der Waals surface area contributed by atoms with Gasteiger partial charge in [0.25, 0.3) is 21.9 Å². The Bertz CT molecular complexity index is 709. The van der Waals surface area contributed by atoms with Gasteiger partial charge in [-0.25, -0.2) is 4.79 Å². The van der Waals surface area contributed by atoms with E-state index in [1.807, 2.05) is 0 Å². The van der Waals surface area contributed by atoms with Gasteiger partial charge in [0.05, 0.1) is 6.42 Å². The fourth-order valence-corrected chi connectivity index (χ4v) is 4.10. The molecule has 1 aliphatic heterocycles. The maximum atomic E-state index is 11.8. The van der Waals surface area contributed by atoms with Crippen molar-refractivity contribution in [1.82, 2.24) is 5.06 Å². The van der Waals surface area contributed by atoms with Gasteiger partial charge < -0.3 is 4.84 Å². The van der Waals surface area contributed by atoms with Crippen LogP contribution in [0.15, 0.2) is 12.2 Å². The fourth-order valence-electron chi connectivity index (χ4n) is 3.40. The van der Waals surface area contributed by atoms with E-state index in [4.69, 9.17) is 9.39 Å². The molecule has 1 unspecified atom stereocenters. The molecule has 2 amide bonds. The van der Waals surface area contributed by atoms with E-state index in [2.05, 4.69) is 19.1 Å². The minimum atomic E-state index is -4.71. The van der Waals surface area contributed by atoms with Gasteiger partial charge in [0.15, 0.2) is 5.25 Å². The molecule has 1 fully saturated rings. The number of hydroxylamine groups is 2. The van der Waals surface area contributed by atoms with Crippen molar-refractivity contribution in [3.63, 3.8) is 0 Å². The molecule has 0 saturated carbocycles. The summed E-state index contributed by atoms with van der Waals surface area (Å²) in [6.07, 6.45) is 18.5. The van der Waals surface area contributed by atoms with Gasteiger partial charge in [-0.15, -0.1) is 5.06 Å². The van der Waals surface area contributed by atoms with Crippen LogP contribution >= 0.6 is 0 Å². The summed E-state index contributed by atoms with van der Waals surface area (Å²) in [6, 6.07) is 0. The van der Waals surface area contributed by atoms with E-state index in [9.17, 15) is 22.8 Å². The molecule has 8 nitrogen and oxygen atoms in total. The fraction of sp³-hybridized carbons (Fsp3) is 0.773. The molecular weight excluding hydrogens is 445 g/mol. The summed E-state index contributed by atoms with van der Waals surface area (Å²) >= 11 is 0. The minimum absolute atomic E-state index is 0. The topological polar surface area (TPSA) is 118 Å². The number of carbonyl (C=O) groups is 3. The van der Waals surface area contributed by atoms with Crippen LogP contribution in [0.3, 0.4) is 0 Å².